The average Bonchev–Trinajstić information content (AvgIpc) is 2.80. The van der Waals surface area contributed by atoms with Crippen LogP contribution >= 0.6 is 0 Å². The van der Waals surface area contributed by atoms with Gasteiger partial charge in [-0.3, -0.25) is 9.69 Å². The molecule has 1 amide bonds. The van der Waals surface area contributed by atoms with E-state index >= 15 is 0 Å². The van der Waals surface area contributed by atoms with Gasteiger partial charge in [-0.05, 0) is 68.1 Å². The molecule has 2 aromatic carbocycles. The Morgan fingerprint density at radius 1 is 1.12 bits per heavy atom. The monoisotopic (exact) mass is 475 g/mol. The first-order valence-electron chi connectivity index (χ1n) is 11.6. The van der Waals surface area contributed by atoms with Gasteiger partial charge in [0.2, 0.25) is 15.9 Å². The Balaban J connectivity index is 1.46. The number of hydrogen-bond acceptors (Lipinski definition) is 4. The highest BCUT2D eigenvalue weighted by atomic mass is 32.2. The summed E-state index contributed by atoms with van der Waals surface area (Å²) in [5.41, 5.74) is 2.34. The van der Waals surface area contributed by atoms with E-state index in [4.69, 9.17) is 0 Å². The van der Waals surface area contributed by atoms with E-state index in [0.717, 1.165) is 30.8 Å². The Hall–Kier alpha value is -2.29. The number of halogens is 1. The van der Waals surface area contributed by atoms with Crippen LogP contribution < -0.4 is 5.32 Å². The fraction of sp³-hybridized carbons (Fsp3) is 0.480. The highest BCUT2D eigenvalue weighted by Gasteiger charge is 2.21. The second-order valence-electron chi connectivity index (χ2n) is 8.74. The van der Waals surface area contributed by atoms with Crippen LogP contribution in [0.1, 0.15) is 50.2 Å². The minimum Gasteiger partial charge on any atom is -0.352 e. The lowest BCUT2D eigenvalue weighted by molar-refractivity contribution is -0.121. The largest absolute Gasteiger partial charge is 0.352 e. The van der Waals surface area contributed by atoms with Gasteiger partial charge in [-0.1, -0.05) is 30.7 Å². The summed E-state index contributed by atoms with van der Waals surface area (Å²) >= 11 is 0. The van der Waals surface area contributed by atoms with Gasteiger partial charge in [-0.15, -0.1) is 0 Å². The summed E-state index contributed by atoms with van der Waals surface area (Å²) in [4.78, 5) is 14.9. The lowest BCUT2D eigenvalue weighted by atomic mass is 10.0. The molecule has 8 heteroatoms. The van der Waals surface area contributed by atoms with Crippen molar-refractivity contribution < 1.29 is 17.6 Å². The number of nitrogens with zero attached hydrogens (tertiary/aromatic N) is 2. The number of carbonyl (C=O) groups excluding carboxylic acids is 1. The Labute approximate surface area is 196 Å². The van der Waals surface area contributed by atoms with Crippen LogP contribution in [-0.4, -0.2) is 49.7 Å². The summed E-state index contributed by atoms with van der Waals surface area (Å²) in [6.45, 7) is 4.93. The van der Waals surface area contributed by atoms with Crippen molar-refractivity contribution in [2.75, 3.05) is 20.1 Å². The van der Waals surface area contributed by atoms with Crippen LogP contribution in [0, 0.1) is 5.82 Å². The van der Waals surface area contributed by atoms with E-state index in [2.05, 4.69) is 23.2 Å². The SMILES string of the molecule is CC1CCCCN1Cc1ccccc1CNC(=O)CCCN(C)S(=O)(=O)c1ccc(F)cc1. The van der Waals surface area contributed by atoms with Crippen molar-refractivity contribution in [1.29, 1.82) is 0 Å². The number of nitrogens with one attached hydrogen (secondary N) is 1. The summed E-state index contributed by atoms with van der Waals surface area (Å²) < 4.78 is 39.4. The maximum absolute atomic E-state index is 13.1. The molecule has 3 rings (SSSR count). The van der Waals surface area contributed by atoms with Gasteiger partial charge in [0.15, 0.2) is 0 Å². The second-order valence-corrected chi connectivity index (χ2v) is 10.8. The molecule has 0 spiro atoms. The molecule has 0 aromatic heterocycles. The van der Waals surface area contributed by atoms with Crippen molar-refractivity contribution in [3.63, 3.8) is 0 Å². The molecule has 1 saturated heterocycles. The highest BCUT2D eigenvalue weighted by Crippen LogP contribution is 2.21. The summed E-state index contributed by atoms with van der Waals surface area (Å²) in [5, 5.41) is 2.97. The van der Waals surface area contributed by atoms with Crippen molar-refractivity contribution in [3.8, 4) is 0 Å². The number of carbonyl (C=O) groups is 1. The zero-order valence-electron chi connectivity index (χ0n) is 19.5. The topological polar surface area (TPSA) is 69.7 Å². The Morgan fingerprint density at radius 3 is 2.52 bits per heavy atom. The summed E-state index contributed by atoms with van der Waals surface area (Å²) in [6.07, 6.45) is 4.37. The Kier molecular flexibility index (Phi) is 9.00. The average molecular weight is 476 g/mol. The molecule has 1 N–H and O–H groups in total. The van der Waals surface area contributed by atoms with Crippen molar-refractivity contribution in [3.05, 3.63) is 65.5 Å². The maximum Gasteiger partial charge on any atom is 0.242 e. The predicted molar refractivity (Wildman–Crippen MR) is 127 cm³/mol. The Morgan fingerprint density at radius 2 is 1.82 bits per heavy atom. The number of benzene rings is 2. The van der Waals surface area contributed by atoms with Crippen molar-refractivity contribution in [2.24, 2.45) is 0 Å². The molecule has 1 aliphatic heterocycles. The minimum absolute atomic E-state index is 0.0375. The van der Waals surface area contributed by atoms with Gasteiger partial charge < -0.3 is 5.32 Å². The predicted octanol–water partition coefficient (Wildman–Crippen LogP) is 3.92. The van der Waals surface area contributed by atoms with E-state index in [9.17, 15) is 17.6 Å². The quantitative estimate of drug-likeness (QED) is 0.566. The molecule has 0 aliphatic carbocycles. The molecule has 2 aromatic rings. The van der Waals surface area contributed by atoms with Gasteiger partial charge in [-0.25, -0.2) is 17.1 Å². The molecule has 0 saturated carbocycles. The van der Waals surface area contributed by atoms with Gasteiger partial charge >= 0.3 is 0 Å². The zero-order chi connectivity index (χ0) is 23.8. The van der Waals surface area contributed by atoms with Crippen molar-refractivity contribution in [2.45, 2.75) is 63.1 Å². The lowest BCUT2D eigenvalue weighted by Crippen LogP contribution is -2.37. The number of likely N-dealkylation sites (tertiary alicyclic amines) is 1. The molecule has 0 radical (unpaired) electrons. The maximum atomic E-state index is 13.1. The molecule has 6 nitrogen and oxygen atoms in total. The van der Waals surface area contributed by atoms with Gasteiger partial charge in [0, 0.05) is 39.1 Å². The molecule has 1 atom stereocenters. The van der Waals surface area contributed by atoms with Crippen LogP contribution in [0.15, 0.2) is 53.4 Å². The molecule has 0 bridgehead atoms. The molecule has 1 heterocycles. The minimum atomic E-state index is -3.70. The number of amides is 1. The third kappa shape index (κ3) is 7.09. The van der Waals surface area contributed by atoms with E-state index in [1.54, 1.807) is 0 Å². The van der Waals surface area contributed by atoms with Crippen LogP contribution in [-0.2, 0) is 27.9 Å². The molecule has 1 unspecified atom stereocenters. The van der Waals surface area contributed by atoms with Crippen LogP contribution in [0.4, 0.5) is 4.39 Å². The van der Waals surface area contributed by atoms with Gasteiger partial charge in [0.05, 0.1) is 4.90 Å². The van der Waals surface area contributed by atoms with E-state index < -0.39 is 15.8 Å². The standard InChI is InChI=1S/C25H34FN3O3S/c1-20-8-5-6-17-29(20)19-22-10-4-3-9-21(22)18-27-25(30)11-7-16-28(2)33(31,32)24-14-12-23(26)13-15-24/h3-4,9-10,12-15,20H,5-8,11,16-19H2,1-2H3,(H,27,30). The Bertz CT molecular complexity index is 1030. The van der Waals surface area contributed by atoms with E-state index in [1.165, 1.54) is 48.3 Å². The van der Waals surface area contributed by atoms with Crippen molar-refractivity contribution in [1.82, 2.24) is 14.5 Å². The first kappa shape index (κ1) is 25.3. The smallest absolute Gasteiger partial charge is 0.242 e. The molecular weight excluding hydrogens is 441 g/mol. The molecule has 1 aliphatic rings. The second kappa shape index (κ2) is 11.7. The van der Waals surface area contributed by atoms with E-state index in [1.807, 2.05) is 18.2 Å². The summed E-state index contributed by atoms with van der Waals surface area (Å²) in [7, 11) is -2.24. The van der Waals surface area contributed by atoms with E-state index in [0.29, 0.717) is 19.0 Å². The number of sulfonamides is 1. The lowest BCUT2D eigenvalue weighted by Gasteiger charge is -2.33. The molecular formula is C25H34FN3O3S. The van der Waals surface area contributed by atoms with Crippen LogP contribution in [0.5, 0.6) is 0 Å². The third-order valence-corrected chi connectivity index (χ3v) is 8.18. The number of piperidine rings is 1. The first-order chi connectivity index (χ1) is 15.8. The van der Waals surface area contributed by atoms with Crippen LogP contribution in [0.3, 0.4) is 0 Å². The van der Waals surface area contributed by atoms with Crippen molar-refractivity contribution >= 4 is 15.9 Å². The fourth-order valence-electron chi connectivity index (χ4n) is 4.15. The van der Waals surface area contributed by atoms with E-state index in [-0.39, 0.29) is 23.8 Å². The van der Waals surface area contributed by atoms with Crippen LogP contribution in [0.2, 0.25) is 0 Å². The normalized spacial score (nSPS) is 17.3. The highest BCUT2D eigenvalue weighted by molar-refractivity contribution is 7.89. The number of rotatable bonds is 10. The first-order valence-corrected chi connectivity index (χ1v) is 13.0. The summed E-state index contributed by atoms with van der Waals surface area (Å²) in [6, 6.07) is 13.5. The zero-order valence-corrected chi connectivity index (χ0v) is 20.3. The summed E-state index contributed by atoms with van der Waals surface area (Å²) in [5.74, 6) is -0.594. The van der Waals surface area contributed by atoms with Gasteiger partial charge in [-0.2, -0.15) is 0 Å². The van der Waals surface area contributed by atoms with Gasteiger partial charge in [0.25, 0.3) is 0 Å². The molecule has 180 valence electrons. The molecule has 33 heavy (non-hydrogen) atoms. The third-order valence-electron chi connectivity index (χ3n) is 6.31. The number of hydrogen-bond donors (Lipinski definition) is 1. The fourth-order valence-corrected chi connectivity index (χ4v) is 5.36. The van der Waals surface area contributed by atoms with Gasteiger partial charge in [0.1, 0.15) is 5.82 Å². The van der Waals surface area contributed by atoms with Crippen LogP contribution in [0.25, 0.3) is 0 Å². The molecule has 1 fully saturated rings.